The minimum Gasteiger partial charge on any atom is -0.478 e. The van der Waals surface area contributed by atoms with Crippen molar-refractivity contribution in [1.29, 1.82) is 0 Å². The highest BCUT2D eigenvalue weighted by Crippen LogP contribution is 2.40. The first-order valence-corrected chi connectivity index (χ1v) is 11.5. The zero-order valence-corrected chi connectivity index (χ0v) is 19.1. The van der Waals surface area contributed by atoms with Gasteiger partial charge in [0.2, 0.25) is 0 Å². The highest BCUT2D eigenvalue weighted by Gasteiger charge is 2.26. The lowest BCUT2D eigenvalue weighted by atomic mass is 10.1. The van der Waals surface area contributed by atoms with Gasteiger partial charge in [-0.2, -0.15) is 0 Å². The molecule has 0 unspecified atom stereocenters. The maximum Gasteiger partial charge on any atom is 0.339 e. The molecule has 0 saturated heterocycles. The normalized spacial score (nSPS) is 13.2. The van der Waals surface area contributed by atoms with Gasteiger partial charge in [0.25, 0.3) is 0 Å². The molecule has 2 heterocycles. The van der Waals surface area contributed by atoms with E-state index in [1.165, 1.54) is 5.56 Å². The van der Waals surface area contributed by atoms with Gasteiger partial charge in [-0.1, -0.05) is 12.1 Å². The number of fused-ring (bicyclic) bond motifs is 1. The molecule has 0 aliphatic heterocycles. The van der Waals surface area contributed by atoms with Gasteiger partial charge in [-0.3, -0.25) is 0 Å². The minimum absolute atomic E-state index is 0.209. The number of carboxylic acids is 1. The molecule has 1 fully saturated rings. The zero-order chi connectivity index (χ0) is 23.5. The quantitative estimate of drug-likeness (QED) is 0.275. The van der Waals surface area contributed by atoms with Gasteiger partial charge in [-0.25, -0.2) is 9.78 Å². The fourth-order valence-electron chi connectivity index (χ4n) is 4.21. The average molecular weight is 457 g/mol. The molecule has 0 atom stereocenters. The molecule has 2 aromatic heterocycles. The van der Waals surface area contributed by atoms with Crippen LogP contribution in [0.15, 0.2) is 67.0 Å². The number of hydrogen-bond donors (Lipinski definition) is 3. The summed E-state index contributed by atoms with van der Waals surface area (Å²) < 4.78 is 7.31. The standard InChI is InChI=1S/C27H28N4O3/c1-34-12-10-28-22-4-2-3-18(13-22)17-31-11-9-20-14-23(7-8-25(20)31)30-26-24(27(32)33)15-21(16-29-26)19-5-6-19/h2-4,7-9,11,13-16,19,28H,5-6,10,12,17H2,1H3,(H,29,30)(H,32,33). The summed E-state index contributed by atoms with van der Waals surface area (Å²) in [5.74, 6) is -0.144. The van der Waals surface area contributed by atoms with E-state index in [2.05, 4.69) is 62.8 Å². The van der Waals surface area contributed by atoms with E-state index in [4.69, 9.17) is 4.74 Å². The van der Waals surface area contributed by atoms with E-state index in [9.17, 15) is 9.90 Å². The van der Waals surface area contributed by atoms with E-state index in [1.807, 2.05) is 12.1 Å². The van der Waals surface area contributed by atoms with Crippen molar-refractivity contribution in [3.8, 4) is 0 Å². The molecule has 0 spiro atoms. The van der Waals surface area contributed by atoms with Gasteiger partial charge in [0.15, 0.2) is 0 Å². The minimum atomic E-state index is -0.969. The third-order valence-corrected chi connectivity index (χ3v) is 6.14. The van der Waals surface area contributed by atoms with Crippen LogP contribution < -0.4 is 10.6 Å². The number of carbonyl (C=O) groups is 1. The third-order valence-electron chi connectivity index (χ3n) is 6.14. The van der Waals surface area contributed by atoms with Crippen LogP contribution in [0.4, 0.5) is 17.2 Å². The fourth-order valence-corrected chi connectivity index (χ4v) is 4.21. The number of pyridine rings is 1. The summed E-state index contributed by atoms with van der Waals surface area (Å²) in [6.45, 7) is 2.18. The molecule has 1 aliphatic carbocycles. The first-order chi connectivity index (χ1) is 16.6. The Morgan fingerprint density at radius 2 is 2.03 bits per heavy atom. The molecule has 5 rings (SSSR count). The molecule has 34 heavy (non-hydrogen) atoms. The van der Waals surface area contributed by atoms with Crippen LogP contribution in [-0.2, 0) is 11.3 Å². The largest absolute Gasteiger partial charge is 0.478 e. The first kappa shape index (κ1) is 22.0. The Morgan fingerprint density at radius 1 is 1.15 bits per heavy atom. The van der Waals surface area contributed by atoms with Gasteiger partial charge in [-0.15, -0.1) is 0 Å². The summed E-state index contributed by atoms with van der Waals surface area (Å²) in [5.41, 5.74) is 5.41. The van der Waals surface area contributed by atoms with Crippen LogP contribution in [0.5, 0.6) is 0 Å². The molecule has 7 nitrogen and oxygen atoms in total. The third kappa shape index (κ3) is 4.89. The van der Waals surface area contributed by atoms with E-state index in [0.717, 1.165) is 53.8 Å². The summed E-state index contributed by atoms with van der Waals surface area (Å²) in [5, 5.41) is 17.3. The van der Waals surface area contributed by atoms with E-state index in [0.29, 0.717) is 18.3 Å². The van der Waals surface area contributed by atoms with Crippen LogP contribution >= 0.6 is 0 Å². The Kier molecular flexibility index (Phi) is 6.18. The van der Waals surface area contributed by atoms with E-state index >= 15 is 0 Å². The molecule has 0 amide bonds. The van der Waals surface area contributed by atoms with Crippen LogP contribution in [-0.4, -0.2) is 40.9 Å². The number of aromatic carboxylic acids is 1. The molecule has 1 aliphatic rings. The molecule has 4 aromatic rings. The number of methoxy groups -OCH3 is 1. The van der Waals surface area contributed by atoms with Crippen LogP contribution in [0.1, 0.15) is 40.2 Å². The van der Waals surface area contributed by atoms with Crippen molar-refractivity contribution < 1.29 is 14.6 Å². The number of ether oxygens (including phenoxy) is 1. The van der Waals surface area contributed by atoms with Gasteiger partial charge in [0, 0.05) is 54.9 Å². The number of aromatic nitrogens is 2. The Hall–Kier alpha value is -3.84. The van der Waals surface area contributed by atoms with Crippen molar-refractivity contribution in [3.63, 3.8) is 0 Å². The summed E-state index contributed by atoms with van der Waals surface area (Å²) >= 11 is 0. The maximum atomic E-state index is 11.8. The van der Waals surface area contributed by atoms with Crippen molar-refractivity contribution in [2.45, 2.75) is 25.3 Å². The first-order valence-electron chi connectivity index (χ1n) is 11.5. The number of carboxylic acid groups (broad SMARTS) is 1. The second-order valence-electron chi connectivity index (χ2n) is 8.71. The Labute approximate surface area is 198 Å². The van der Waals surface area contributed by atoms with Gasteiger partial charge < -0.3 is 25.0 Å². The fraction of sp³-hybridized carbons (Fsp3) is 0.259. The van der Waals surface area contributed by atoms with Gasteiger partial charge in [-0.05, 0) is 72.4 Å². The number of rotatable bonds is 10. The number of anilines is 3. The number of hydrogen-bond acceptors (Lipinski definition) is 5. The molecule has 2 aromatic carbocycles. The lowest BCUT2D eigenvalue weighted by Gasteiger charge is -2.12. The molecule has 174 valence electrons. The van der Waals surface area contributed by atoms with Gasteiger partial charge in [0.05, 0.1) is 6.61 Å². The molecular weight excluding hydrogens is 428 g/mol. The second-order valence-corrected chi connectivity index (χ2v) is 8.71. The second kappa shape index (κ2) is 9.57. The monoisotopic (exact) mass is 456 g/mol. The molecular formula is C27H28N4O3. The van der Waals surface area contributed by atoms with Crippen molar-refractivity contribution >= 4 is 34.1 Å². The van der Waals surface area contributed by atoms with Crippen LogP contribution in [0.3, 0.4) is 0 Å². The van der Waals surface area contributed by atoms with Crippen molar-refractivity contribution in [1.82, 2.24) is 9.55 Å². The predicted molar refractivity (Wildman–Crippen MR) is 134 cm³/mol. The topological polar surface area (TPSA) is 88.4 Å². The van der Waals surface area contributed by atoms with E-state index < -0.39 is 5.97 Å². The van der Waals surface area contributed by atoms with Crippen molar-refractivity contribution in [3.05, 3.63) is 83.7 Å². The highest BCUT2D eigenvalue weighted by atomic mass is 16.5. The predicted octanol–water partition coefficient (Wildman–Crippen LogP) is 5.46. The summed E-state index contributed by atoms with van der Waals surface area (Å²) in [7, 11) is 1.70. The number of nitrogens with zero attached hydrogens (tertiary/aromatic N) is 2. The van der Waals surface area contributed by atoms with Crippen LogP contribution in [0, 0.1) is 0 Å². The molecule has 7 heteroatoms. The molecule has 1 saturated carbocycles. The Morgan fingerprint density at radius 3 is 2.82 bits per heavy atom. The lowest BCUT2D eigenvalue weighted by molar-refractivity contribution is 0.0697. The van der Waals surface area contributed by atoms with Crippen molar-refractivity contribution in [2.75, 3.05) is 30.9 Å². The summed E-state index contributed by atoms with van der Waals surface area (Å²) in [4.78, 5) is 16.2. The van der Waals surface area contributed by atoms with Crippen LogP contribution in [0.2, 0.25) is 0 Å². The number of nitrogens with one attached hydrogen (secondary N) is 2. The van der Waals surface area contributed by atoms with Crippen molar-refractivity contribution in [2.24, 2.45) is 0 Å². The summed E-state index contributed by atoms with van der Waals surface area (Å²) in [6.07, 6.45) is 6.08. The van der Waals surface area contributed by atoms with Gasteiger partial charge >= 0.3 is 5.97 Å². The lowest BCUT2D eigenvalue weighted by Crippen LogP contribution is -2.08. The highest BCUT2D eigenvalue weighted by molar-refractivity contribution is 5.95. The van der Waals surface area contributed by atoms with Crippen LogP contribution in [0.25, 0.3) is 10.9 Å². The Balaban J connectivity index is 1.33. The zero-order valence-electron chi connectivity index (χ0n) is 19.1. The maximum absolute atomic E-state index is 11.8. The summed E-state index contributed by atoms with van der Waals surface area (Å²) in [6, 6.07) is 18.2. The molecule has 3 N–H and O–H groups in total. The van der Waals surface area contributed by atoms with E-state index in [-0.39, 0.29) is 5.56 Å². The Bertz CT molecular complexity index is 1330. The average Bonchev–Trinajstić information content (AvgIpc) is 3.62. The van der Waals surface area contributed by atoms with Gasteiger partial charge in [0.1, 0.15) is 11.4 Å². The number of benzene rings is 2. The molecule has 0 radical (unpaired) electrons. The SMILES string of the molecule is COCCNc1cccc(Cn2ccc3cc(Nc4ncc(C5CC5)cc4C(=O)O)ccc32)c1. The van der Waals surface area contributed by atoms with E-state index in [1.54, 1.807) is 19.4 Å². The smallest absolute Gasteiger partial charge is 0.339 e. The molecule has 0 bridgehead atoms.